The van der Waals surface area contributed by atoms with Gasteiger partial charge in [0.15, 0.2) is 6.29 Å². The SMILES string of the molecule is CNC(Cc1c(Cl)cccc1Cl)CC1OCCO1. The summed E-state index contributed by atoms with van der Waals surface area (Å²) < 4.78 is 10.9. The molecular weight excluding hydrogens is 273 g/mol. The minimum atomic E-state index is -0.122. The van der Waals surface area contributed by atoms with E-state index >= 15 is 0 Å². The Balaban J connectivity index is 2.00. The highest BCUT2D eigenvalue weighted by atomic mass is 35.5. The maximum Gasteiger partial charge on any atom is 0.159 e. The summed E-state index contributed by atoms with van der Waals surface area (Å²) in [7, 11) is 1.92. The maximum absolute atomic E-state index is 6.17. The van der Waals surface area contributed by atoms with Crippen molar-refractivity contribution < 1.29 is 9.47 Å². The number of likely N-dealkylation sites (N-methyl/N-ethyl adjacent to an activating group) is 1. The number of hydrogen-bond donors (Lipinski definition) is 1. The van der Waals surface area contributed by atoms with Crippen LogP contribution in [0.25, 0.3) is 0 Å². The summed E-state index contributed by atoms with van der Waals surface area (Å²) in [4.78, 5) is 0. The molecule has 1 aromatic carbocycles. The number of ether oxygens (including phenoxy) is 2. The van der Waals surface area contributed by atoms with Crippen molar-refractivity contribution in [3.8, 4) is 0 Å². The Morgan fingerprint density at radius 1 is 1.28 bits per heavy atom. The van der Waals surface area contributed by atoms with Gasteiger partial charge in [0.2, 0.25) is 0 Å². The van der Waals surface area contributed by atoms with E-state index in [1.54, 1.807) is 0 Å². The number of halogens is 2. The van der Waals surface area contributed by atoms with E-state index < -0.39 is 0 Å². The van der Waals surface area contributed by atoms with Gasteiger partial charge in [0.25, 0.3) is 0 Å². The molecule has 1 aliphatic rings. The van der Waals surface area contributed by atoms with Crippen LogP contribution in [0.2, 0.25) is 10.0 Å². The van der Waals surface area contributed by atoms with E-state index in [2.05, 4.69) is 5.32 Å². The van der Waals surface area contributed by atoms with Crippen molar-refractivity contribution in [2.24, 2.45) is 0 Å². The fourth-order valence-corrected chi connectivity index (χ4v) is 2.60. The highest BCUT2D eigenvalue weighted by molar-refractivity contribution is 6.35. The lowest BCUT2D eigenvalue weighted by Gasteiger charge is -2.20. The standard InChI is InChI=1S/C13H17Cl2NO2/c1-16-9(8-13-17-5-6-18-13)7-10-11(14)3-2-4-12(10)15/h2-4,9,13,16H,5-8H2,1H3. The highest BCUT2D eigenvalue weighted by Crippen LogP contribution is 2.26. The fourth-order valence-electron chi connectivity index (χ4n) is 2.05. The molecule has 0 amide bonds. The second-order valence-corrected chi connectivity index (χ2v) is 5.11. The first-order valence-corrected chi connectivity index (χ1v) is 6.79. The van der Waals surface area contributed by atoms with Gasteiger partial charge < -0.3 is 14.8 Å². The van der Waals surface area contributed by atoms with Crippen LogP contribution in [0.1, 0.15) is 12.0 Å². The summed E-state index contributed by atoms with van der Waals surface area (Å²) >= 11 is 12.3. The average molecular weight is 290 g/mol. The third-order valence-corrected chi connectivity index (χ3v) is 3.80. The van der Waals surface area contributed by atoms with E-state index in [1.165, 1.54) is 0 Å². The van der Waals surface area contributed by atoms with Crippen LogP contribution in [0.3, 0.4) is 0 Å². The summed E-state index contributed by atoms with van der Waals surface area (Å²) in [5, 5.41) is 4.66. The van der Waals surface area contributed by atoms with Crippen LogP contribution in [0.4, 0.5) is 0 Å². The van der Waals surface area contributed by atoms with Crippen molar-refractivity contribution >= 4 is 23.2 Å². The Morgan fingerprint density at radius 2 is 1.89 bits per heavy atom. The minimum Gasteiger partial charge on any atom is -0.350 e. The van der Waals surface area contributed by atoms with Crippen molar-refractivity contribution in [2.75, 3.05) is 20.3 Å². The molecule has 1 heterocycles. The van der Waals surface area contributed by atoms with Crippen molar-refractivity contribution in [2.45, 2.75) is 25.2 Å². The molecule has 1 fully saturated rings. The van der Waals surface area contributed by atoms with Gasteiger partial charge >= 0.3 is 0 Å². The monoisotopic (exact) mass is 289 g/mol. The van der Waals surface area contributed by atoms with Crippen LogP contribution in [0, 0.1) is 0 Å². The first kappa shape index (κ1) is 14.1. The van der Waals surface area contributed by atoms with E-state index in [1.807, 2.05) is 25.2 Å². The molecule has 0 aromatic heterocycles. The Bertz CT molecular complexity index is 374. The molecule has 1 N–H and O–H groups in total. The van der Waals surface area contributed by atoms with Crippen molar-refractivity contribution in [3.05, 3.63) is 33.8 Å². The van der Waals surface area contributed by atoms with Gasteiger partial charge in [0, 0.05) is 22.5 Å². The van der Waals surface area contributed by atoms with Gasteiger partial charge in [0.05, 0.1) is 13.2 Å². The molecule has 0 spiro atoms. The number of rotatable bonds is 5. The van der Waals surface area contributed by atoms with Crippen LogP contribution in [0.5, 0.6) is 0 Å². The molecule has 1 unspecified atom stereocenters. The topological polar surface area (TPSA) is 30.5 Å². The van der Waals surface area contributed by atoms with Gasteiger partial charge in [-0.15, -0.1) is 0 Å². The third kappa shape index (κ3) is 3.59. The highest BCUT2D eigenvalue weighted by Gasteiger charge is 2.22. The smallest absolute Gasteiger partial charge is 0.159 e. The minimum absolute atomic E-state index is 0.122. The van der Waals surface area contributed by atoms with E-state index in [0.717, 1.165) is 18.4 Å². The maximum atomic E-state index is 6.17. The van der Waals surface area contributed by atoms with Gasteiger partial charge in [0.1, 0.15) is 0 Å². The summed E-state index contributed by atoms with van der Waals surface area (Å²) in [5.41, 5.74) is 0.971. The summed E-state index contributed by atoms with van der Waals surface area (Å²) in [6.07, 6.45) is 1.43. The van der Waals surface area contributed by atoms with Gasteiger partial charge in [-0.25, -0.2) is 0 Å². The van der Waals surface area contributed by atoms with Crippen LogP contribution in [-0.4, -0.2) is 32.6 Å². The lowest BCUT2D eigenvalue weighted by molar-refractivity contribution is -0.0522. The molecule has 1 aliphatic heterocycles. The lowest BCUT2D eigenvalue weighted by atomic mass is 10.0. The van der Waals surface area contributed by atoms with E-state index in [0.29, 0.717) is 23.3 Å². The quantitative estimate of drug-likeness (QED) is 0.904. The molecule has 1 atom stereocenters. The van der Waals surface area contributed by atoms with Crippen LogP contribution in [-0.2, 0) is 15.9 Å². The van der Waals surface area contributed by atoms with Crippen molar-refractivity contribution in [1.29, 1.82) is 0 Å². The van der Waals surface area contributed by atoms with Crippen LogP contribution in [0.15, 0.2) is 18.2 Å². The zero-order chi connectivity index (χ0) is 13.0. The molecule has 0 bridgehead atoms. The summed E-state index contributed by atoms with van der Waals surface area (Å²) in [6, 6.07) is 5.80. The predicted molar refractivity (Wildman–Crippen MR) is 73.3 cm³/mol. The molecular formula is C13H17Cl2NO2. The molecule has 18 heavy (non-hydrogen) atoms. The predicted octanol–water partition coefficient (Wildman–Crippen LogP) is 2.89. The Labute approximate surface area is 117 Å². The van der Waals surface area contributed by atoms with Crippen LogP contribution < -0.4 is 5.32 Å². The second kappa shape index (κ2) is 6.73. The molecule has 0 aliphatic carbocycles. The molecule has 3 nitrogen and oxygen atoms in total. The second-order valence-electron chi connectivity index (χ2n) is 4.30. The Kier molecular flexibility index (Phi) is 5.27. The van der Waals surface area contributed by atoms with E-state index in [4.69, 9.17) is 32.7 Å². The molecule has 100 valence electrons. The third-order valence-electron chi connectivity index (χ3n) is 3.09. The number of benzene rings is 1. The number of nitrogens with one attached hydrogen (secondary N) is 1. The molecule has 0 radical (unpaired) electrons. The molecule has 0 saturated carbocycles. The Morgan fingerprint density at radius 3 is 2.44 bits per heavy atom. The van der Waals surface area contributed by atoms with Gasteiger partial charge in [-0.3, -0.25) is 0 Å². The lowest BCUT2D eigenvalue weighted by Crippen LogP contribution is -2.32. The molecule has 2 rings (SSSR count). The largest absolute Gasteiger partial charge is 0.350 e. The van der Waals surface area contributed by atoms with Gasteiger partial charge in [-0.05, 0) is 31.2 Å². The van der Waals surface area contributed by atoms with E-state index in [-0.39, 0.29) is 12.3 Å². The zero-order valence-electron chi connectivity index (χ0n) is 10.3. The fraction of sp³-hybridized carbons (Fsp3) is 0.538. The summed E-state index contributed by atoms with van der Waals surface area (Å²) in [5.74, 6) is 0. The first-order chi connectivity index (χ1) is 8.70. The molecule has 1 saturated heterocycles. The van der Waals surface area contributed by atoms with Crippen molar-refractivity contribution in [3.63, 3.8) is 0 Å². The zero-order valence-corrected chi connectivity index (χ0v) is 11.8. The van der Waals surface area contributed by atoms with Gasteiger partial charge in [-0.2, -0.15) is 0 Å². The molecule has 5 heteroatoms. The first-order valence-electron chi connectivity index (χ1n) is 6.04. The van der Waals surface area contributed by atoms with Crippen molar-refractivity contribution in [1.82, 2.24) is 5.32 Å². The average Bonchev–Trinajstić information content (AvgIpc) is 2.85. The normalized spacial score (nSPS) is 18.2. The van der Waals surface area contributed by atoms with E-state index in [9.17, 15) is 0 Å². The van der Waals surface area contributed by atoms with Gasteiger partial charge in [-0.1, -0.05) is 29.3 Å². The molecule has 1 aromatic rings. The Hall–Kier alpha value is -0.320. The number of hydrogen-bond acceptors (Lipinski definition) is 3. The van der Waals surface area contributed by atoms with Crippen LogP contribution >= 0.6 is 23.2 Å². The summed E-state index contributed by atoms with van der Waals surface area (Å²) in [6.45, 7) is 1.35.